The molecule has 0 aromatic carbocycles. The van der Waals surface area contributed by atoms with Crippen molar-refractivity contribution in [1.82, 2.24) is 0 Å². The van der Waals surface area contributed by atoms with Crippen molar-refractivity contribution in [2.45, 2.75) is 244 Å². The van der Waals surface area contributed by atoms with E-state index < -0.39 is 194 Å². The molecule has 0 aromatic rings. The third-order valence-electron chi connectivity index (χ3n) is 19.0. The molecule has 4 aliphatic heterocycles. The summed E-state index contributed by atoms with van der Waals surface area (Å²) in [6.07, 6.45) is -17.2. The predicted octanol–water partition coefficient (Wildman–Crippen LogP) is 2.87. The maximum absolute atomic E-state index is 13.1. The summed E-state index contributed by atoms with van der Waals surface area (Å²) in [5.41, 5.74) is -1.41. The van der Waals surface area contributed by atoms with E-state index in [0.717, 1.165) is 66.9 Å². The van der Waals surface area contributed by atoms with Crippen LogP contribution in [0.15, 0.2) is 11.6 Å². The lowest BCUT2D eigenvalue weighted by atomic mass is 9.43. The summed E-state index contributed by atoms with van der Waals surface area (Å²) >= 11 is 0. The fraction of sp³-hybridized carbons (Fsp3) is 0.800. The molecule has 0 aromatic heterocycles. The molecule has 1 N–H and O–H groups in total. The second-order valence-corrected chi connectivity index (χ2v) is 24.8. The normalized spacial score (nSPS) is 41.0. The fourth-order valence-corrected chi connectivity index (χ4v) is 15.7. The van der Waals surface area contributed by atoms with E-state index in [9.17, 15) is 53.1 Å². The SMILES string of the molecule is COC1C(OC2OC(COC3OC(COC(C)=O)C(OC(C)=O)C(OC(C)=O)C3OC(C)=O)C(OC(C)=O)C(OC(C)=O)C2OC(C)=O)C(C)OC(OC2CCC3(C)C(CCC4C3CCC3(C)C(C5=CC(=O)OC5)C(OC(C)=O)CC43O)C2)C1OC(C)=O. The molecule has 4 aliphatic carbocycles. The Morgan fingerprint density at radius 2 is 1.05 bits per heavy atom. The van der Waals surface area contributed by atoms with Gasteiger partial charge in [-0.2, -0.15) is 0 Å². The van der Waals surface area contributed by atoms with E-state index in [0.29, 0.717) is 32.1 Å². The molecule has 7 fully saturated rings. The third kappa shape index (κ3) is 14.5. The van der Waals surface area contributed by atoms with E-state index in [1.165, 1.54) is 27.0 Å². The standard InChI is InChI=1S/C60H84O28/c1-26-46(88-57-54(84-35(10)69)51(81-32(7)66)48(79-30(5)64)43(87-57)25-75-55-53(83-34(9)68)50(80-31(6)65)47(78-29(4)63)42(86-55)24-73-27(2)61)49(72-13)52(82-33(8)67)56(76-26)85-38-16-18-58(11)37(21-38)14-15-40-39(58)17-19-59(12)45(36-20-44(70)74-23-36)41(77-28(3)62)22-60(40,59)71/h20,26,37-43,45-57,71H,14-19,21-25H2,1-13H3. The molecule has 0 amide bonds. The zero-order valence-electron chi connectivity index (χ0n) is 51.9. The molecule has 24 unspecified atom stereocenters. The molecule has 492 valence electrons. The van der Waals surface area contributed by atoms with E-state index in [-0.39, 0.29) is 36.2 Å². The number of aliphatic hydroxyl groups is 1. The first kappa shape index (κ1) is 68.0. The van der Waals surface area contributed by atoms with Crippen LogP contribution in [0.4, 0.5) is 0 Å². The Kier molecular flexibility index (Phi) is 21.4. The van der Waals surface area contributed by atoms with Crippen LogP contribution < -0.4 is 0 Å². The number of esters is 10. The molecule has 0 radical (unpaired) electrons. The Balaban J connectivity index is 1.03. The summed E-state index contributed by atoms with van der Waals surface area (Å²) in [4.78, 5) is 127. The molecule has 3 saturated heterocycles. The van der Waals surface area contributed by atoms with Gasteiger partial charge >= 0.3 is 59.7 Å². The minimum absolute atomic E-state index is 0.0822. The highest BCUT2D eigenvalue weighted by atomic mass is 16.8. The van der Waals surface area contributed by atoms with E-state index in [1.807, 2.05) is 0 Å². The van der Waals surface area contributed by atoms with Gasteiger partial charge in [-0.05, 0) is 80.6 Å². The zero-order valence-corrected chi connectivity index (χ0v) is 51.9. The first-order valence-electron chi connectivity index (χ1n) is 29.9. The number of methoxy groups -OCH3 is 1. The summed E-state index contributed by atoms with van der Waals surface area (Å²) in [5, 5.41) is 13.1. The van der Waals surface area contributed by atoms with Crippen LogP contribution >= 0.6 is 0 Å². The first-order chi connectivity index (χ1) is 41.4. The molecular formula is C60H84O28. The Labute approximate surface area is 509 Å². The monoisotopic (exact) mass is 1250 g/mol. The van der Waals surface area contributed by atoms with Crippen molar-refractivity contribution >= 4 is 59.7 Å². The van der Waals surface area contributed by atoms with Crippen LogP contribution in [0.5, 0.6) is 0 Å². The predicted molar refractivity (Wildman–Crippen MR) is 290 cm³/mol. The summed E-state index contributed by atoms with van der Waals surface area (Å²) in [5.74, 6) is -8.20. The van der Waals surface area contributed by atoms with Crippen LogP contribution in [0.1, 0.15) is 134 Å². The lowest BCUT2D eigenvalue weighted by Crippen LogP contribution is -2.67. The van der Waals surface area contributed by atoms with Crippen molar-refractivity contribution < 1.29 is 134 Å². The quantitative estimate of drug-likeness (QED) is 0.110. The maximum atomic E-state index is 13.1. The van der Waals surface area contributed by atoms with Gasteiger partial charge in [0.2, 0.25) is 0 Å². The minimum Gasteiger partial charge on any atom is -0.463 e. The van der Waals surface area contributed by atoms with Crippen LogP contribution in [0.25, 0.3) is 0 Å². The molecule has 0 bridgehead atoms. The van der Waals surface area contributed by atoms with Crippen LogP contribution in [0.2, 0.25) is 0 Å². The molecule has 8 aliphatic rings. The average Bonchev–Trinajstić information content (AvgIpc) is 1.47. The third-order valence-corrected chi connectivity index (χ3v) is 19.0. The van der Waals surface area contributed by atoms with Crippen molar-refractivity contribution in [2.75, 3.05) is 26.9 Å². The van der Waals surface area contributed by atoms with E-state index in [4.69, 9.17) is 80.5 Å². The number of ether oxygens (including phenoxy) is 17. The van der Waals surface area contributed by atoms with Gasteiger partial charge in [-0.3, -0.25) is 43.2 Å². The lowest BCUT2D eigenvalue weighted by Gasteiger charge is -2.63. The second kappa shape index (κ2) is 27.7. The Hall–Kier alpha value is -5.88. The van der Waals surface area contributed by atoms with E-state index in [2.05, 4.69) is 13.8 Å². The van der Waals surface area contributed by atoms with Gasteiger partial charge in [0, 0.05) is 93.3 Å². The Morgan fingerprint density at radius 3 is 1.57 bits per heavy atom. The second-order valence-electron chi connectivity index (χ2n) is 24.8. The number of hydrogen-bond donors (Lipinski definition) is 1. The highest BCUT2D eigenvalue weighted by molar-refractivity contribution is 5.85. The average molecular weight is 1250 g/mol. The number of rotatable bonds is 19. The smallest absolute Gasteiger partial charge is 0.331 e. The van der Waals surface area contributed by atoms with Crippen LogP contribution in [0, 0.1) is 34.5 Å². The summed E-state index contributed by atoms with van der Waals surface area (Å²) in [6.45, 7) is 14.6. The Bertz CT molecular complexity index is 2680. The largest absolute Gasteiger partial charge is 0.463 e. The topological polar surface area (TPSA) is 348 Å². The van der Waals surface area contributed by atoms with Crippen molar-refractivity contribution in [3.05, 3.63) is 11.6 Å². The molecule has 24 atom stereocenters. The first-order valence-corrected chi connectivity index (χ1v) is 29.9. The number of hydrogen-bond acceptors (Lipinski definition) is 28. The lowest BCUT2D eigenvalue weighted by molar-refractivity contribution is -0.368. The number of cyclic esters (lactones) is 1. The molecule has 88 heavy (non-hydrogen) atoms. The van der Waals surface area contributed by atoms with Crippen LogP contribution in [-0.2, 0) is 128 Å². The van der Waals surface area contributed by atoms with E-state index >= 15 is 0 Å². The number of carbonyl (C=O) groups excluding carboxylic acids is 10. The van der Waals surface area contributed by atoms with Crippen LogP contribution in [-0.4, -0.2) is 202 Å². The molecule has 28 heteroatoms. The van der Waals surface area contributed by atoms with Crippen LogP contribution in [0.3, 0.4) is 0 Å². The van der Waals surface area contributed by atoms with Gasteiger partial charge in [-0.15, -0.1) is 0 Å². The molecule has 4 saturated carbocycles. The van der Waals surface area contributed by atoms with Gasteiger partial charge in [-0.25, -0.2) is 4.79 Å². The van der Waals surface area contributed by atoms with Crippen molar-refractivity contribution in [2.24, 2.45) is 34.5 Å². The molecule has 28 nitrogen and oxygen atoms in total. The molecule has 8 rings (SSSR count). The highest BCUT2D eigenvalue weighted by Gasteiger charge is 2.71. The van der Waals surface area contributed by atoms with Crippen molar-refractivity contribution in [3.8, 4) is 0 Å². The summed E-state index contributed by atoms with van der Waals surface area (Å²) < 4.78 is 101. The van der Waals surface area contributed by atoms with Gasteiger partial charge < -0.3 is 85.6 Å². The van der Waals surface area contributed by atoms with Gasteiger partial charge in [-0.1, -0.05) is 13.8 Å². The van der Waals surface area contributed by atoms with Gasteiger partial charge in [0.25, 0.3) is 0 Å². The van der Waals surface area contributed by atoms with Gasteiger partial charge in [0.15, 0.2) is 61.6 Å². The zero-order chi connectivity index (χ0) is 64.5. The summed E-state index contributed by atoms with van der Waals surface area (Å²) in [6, 6.07) is 0. The molecule has 0 spiro atoms. The maximum Gasteiger partial charge on any atom is 0.331 e. The summed E-state index contributed by atoms with van der Waals surface area (Å²) in [7, 11) is 1.34. The van der Waals surface area contributed by atoms with Gasteiger partial charge in [0.05, 0.1) is 24.4 Å². The molecule has 4 heterocycles. The Morgan fingerprint density at radius 1 is 0.545 bits per heavy atom. The minimum atomic E-state index is -1.80. The van der Waals surface area contributed by atoms with Crippen molar-refractivity contribution in [3.63, 3.8) is 0 Å². The highest BCUT2D eigenvalue weighted by Crippen LogP contribution is 2.70. The number of fused-ring (bicyclic) bond motifs is 5. The number of carbonyl (C=O) groups is 10. The van der Waals surface area contributed by atoms with E-state index in [1.54, 1.807) is 6.92 Å². The van der Waals surface area contributed by atoms with Gasteiger partial charge in [0.1, 0.15) is 43.7 Å². The van der Waals surface area contributed by atoms with Crippen molar-refractivity contribution in [1.29, 1.82) is 0 Å². The molecular weight excluding hydrogens is 1170 g/mol. The fourth-order valence-electron chi connectivity index (χ4n) is 15.7.